The zero-order chi connectivity index (χ0) is 15.1. The van der Waals surface area contributed by atoms with Gasteiger partial charge in [-0.05, 0) is 41.0 Å². The van der Waals surface area contributed by atoms with Gasteiger partial charge in [-0.15, -0.1) is 0 Å². The predicted octanol–water partition coefficient (Wildman–Crippen LogP) is 3.30. The van der Waals surface area contributed by atoms with Crippen molar-refractivity contribution in [3.63, 3.8) is 0 Å². The van der Waals surface area contributed by atoms with E-state index in [4.69, 9.17) is 5.11 Å². The van der Waals surface area contributed by atoms with Crippen LogP contribution in [0, 0.1) is 22.6 Å². The minimum absolute atomic E-state index is 0.279. The minimum atomic E-state index is -1.23. The Kier molecular flexibility index (Phi) is 3.63. The molecule has 1 aliphatic carbocycles. The summed E-state index contributed by atoms with van der Waals surface area (Å²) in [5.41, 5.74) is 1.15. The van der Waals surface area contributed by atoms with Crippen molar-refractivity contribution in [1.29, 1.82) is 0 Å². The van der Waals surface area contributed by atoms with Crippen LogP contribution in [0.3, 0.4) is 0 Å². The van der Waals surface area contributed by atoms with Crippen molar-refractivity contribution in [2.24, 2.45) is 16.7 Å². The molecule has 110 valence electrons. The zero-order valence-corrected chi connectivity index (χ0v) is 12.5. The average molecular weight is 279 g/mol. The highest BCUT2D eigenvalue weighted by molar-refractivity contribution is 5.87. The number of carbonyl (C=O) groups is 1. The van der Waals surface area contributed by atoms with Gasteiger partial charge in [-0.2, -0.15) is 0 Å². The third kappa shape index (κ3) is 2.44. The highest BCUT2D eigenvalue weighted by Crippen LogP contribution is 2.67. The Bertz CT molecular complexity index is 523. The van der Waals surface area contributed by atoms with E-state index in [9.17, 15) is 9.18 Å². The number of nitrogens with one attached hydrogen (secondary N) is 1. The van der Waals surface area contributed by atoms with Crippen LogP contribution in [-0.4, -0.2) is 17.6 Å². The molecule has 0 spiro atoms. The van der Waals surface area contributed by atoms with Gasteiger partial charge in [0.1, 0.15) is 5.82 Å². The van der Waals surface area contributed by atoms with E-state index in [1.807, 2.05) is 0 Å². The maximum absolute atomic E-state index is 13.5. The Morgan fingerprint density at radius 2 is 1.90 bits per heavy atom. The van der Waals surface area contributed by atoms with E-state index in [-0.39, 0.29) is 5.56 Å². The lowest BCUT2D eigenvalue weighted by Gasteiger charge is -2.07. The second-order valence-corrected chi connectivity index (χ2v) is 6.75. The van der Waals surface area contributed by atoms with Crippen molar-refractivity contribution in [2.75, 3.05) is 6.54 Å². The molecule has 0 saturated heterocycles. The monoisotopic (exact) mass is 279 g/mol. The highest BCUT2D eigenvalue weighted by atomic mass is 19.1. The molecular weight excluding hydrogens is 257 g/mol. The highest BCUT2D eigenvalue weighted by Gasteiger charge is 2.63. The van der Waals surface area contributed by atoms with Gasteiger partial charge in [0, 0.05) is 6.54 Å². The first-order valence-electron chi connectivity index (χ1n) is 6.90. The molecule has 1 aliphatic rings. The summed E-state index contributed by atoms with van der Waals surface area (Å²) >= 11 is 0. The van der Waals surface area contributed by atoms with Crippen molar-refractivity contribution < 1.29 is 14.3 Å². The molecule has 0 atom stereocenters. The van der Waals surface area contributed by atoms with E-state index >= 15 is 0 Å². The van der Waals surface area contributed by atoms with Crippen LogP contribution < -0.4 is 5.32 Å². The average Bonchev–Trinajstić information content (AvgIpc) is 2.71. The lowest BCUT2D eigenvalue weighted by molar-refractivity contribution is 0.0692. The molecule has 0 aliphatic heterocycles. The molecule has 0 bridgehead atoms. The molecule has 0 amide bonds. The second kappa shape index (κ2) is 4.85. The molecule has 1 fully saturated rings. The third-order valence-electron chi connectivity index (χ3n) is 5.26. The fraction of sp³-hybridized carbons (Fsp3) is 0.562. The molecule has 1 saturated carbocycles. The number of carboxylic acid groups (broad SMARTS) is 1. The summed E-state index contributed by atoms with van der Waals surface area (Å²) in [6.45, 7) is 10.5. The van der Waals surface area contributed by atoms with Crippen LogP contribution in [0.5, 0.6) is 0 Å². The Labute approximate surface area is 119 Å². The zero-order valence-electron chi connectivity index (χ0n) is 12.5. The van der Waals surface area contributed by atoms with Crippen LogP contribution in [-0.2, 0) is 6.54 Å². The fourth-order valence-corrected chi connectivity index (χ4v) is 3.05. The summed E-state index contributed by atoms with van der Waals surface area (Å²) in [6.07, 6.45) is 0. The van der Waals surface area contributed by atoms with Crippen LogP contribution in [0.4, 0.5) is 4.39 Å². The topological polar surface area (TPSA) is 49.3 Å². The van der Waals surface area contributed by atoms with Crippen LogP contribution in [0.1, 0.15) is 43.6 Å². The first-order chi connectivity index (χ1) is 9.18. The summed E-state index contributed by atoms with van der Waals surface area (Å²) in [5, 5.41) is 12.1. The van der Waals surface area contributed by atoms with Crippen LogP contribution in [0.25, 0.3) is 0 Å². The van der Waals surface area contributed by atoms with Gasteiger partial charge in [0.2, 0.25) is 0 Å². The molecule has 0 unspecified atom stereocenters. The number of aromatic carboxylic acids is 1. The van der Waals surface area contributed by atoms with Crippen molar-refractivity contribution in [2.45, 2.75) is 34.2 Å². The summed E-state index contributed by atoms with van der Waals surface area (Å²) < 4.78 is 13.5. The summed E-state index contributed by atoms with van der Waals surface area (Å²) in [4.78, 5) is 10.7. The first kappa shape index (κ1) is 15.0. The lowest BCUT2D eigenvalue weighted by atomic mass is 10.0. The molecule has 1 aromatic carbocycles. The van der Waals surface area contributed by atoms with E-state index in [1.165, 1.54) is 12.1 Å². The van der Waals surface area contributed by atoms with Crippen LogP contribution in [0.15, 0.2) is 18.2 Å². The number of halogens is 1. The molecule has 20 heavy (non-hydrogen) atoms. The third-order valence-corrected chi connectivity index (χ3v) is 5.26. The predicted molar refractivity (Wildman–Crippen MR) is 76.1 cm³/mol. The van der Waals surface area contributed by atoms with Gasteiger partial charge in [-0.25, -0.2) is 9.18 Å². The van der Waals surface area contributed by atoms with E-state index in [0.717, 1.165) is 12.1 Å². The molecule has 2 N–H and O–H groups in total. The largest absolute Gasteiger partial charge is 0.478 e. The number of hydrogen-bond donors (Lipinski definition) is 2. The SMILES string of the molecule is CC1(C)C(CNCc2ccc(C(=O)O)c(F)c2)C1(C)C. The van der Waals surface area contributed by atoms with Gasteiger partial charge in [0.05, 0.1) is 5.56 Å². The number of rotatable bonds is 5. The smallest absolute Gasteiger partial charge is 0.338 e. The summed E-state index contributed by atoms with van der Waals surface area (Å²) in [7, 11) is 0. The van der Waals surface area contributed by atoms with Gasteiger partial charge < -0.3 is 10.4 Å². The van der Waals surface area contributed by atoms with Crippen molar-refractivity contribution >= 4 is 5.97 Å². The van der Waals surface area contributed by atoms with Gasteiger partial charge in [0.15, 0.2) is 0 Å². The van der Waals surface area contributed by atoms with Crippen molar-refractivity contribution in [1.82, 2.24) is 5.32 Å². The molecule has 3 nitrogen and oxygen atoms in total. The van der Waals surface area contributed by atoms with Crippen molar-refractivity contribution in [3.8, 4) is 0 Å². The Morgan fingerprint density at radius 1 is 1.30 bits per heavy atom. The Hall–Kier alpha value is -1.42. The minimum Gasteiger partial charge on any atom is -0.478 e. The van der Waals surface area contributed by atoms with Gasteiger partial charge >= 0.3 is 5.97 Å². The maximum atomic E-state index is 13.5. The van der Waals surface area contributed by atoms with Crippen molar-refractivity contribution in [3.05, 3.63) is 35.1 Å². The number of benzene rings is 1. The van der Waals surface area contributed by atoms with E-state index in [0.29, 0.717) is 23.3 Å². The summed E-state index contributed by atoms with van der Waals surface area (Å²) in [6, 6.07) is 4.27. The normalized spacial score (nSPS) is 19.9. The van der Waals surface area contributed by atoms with Crippen LogP contribution >= 0.6 is 0 Å². The number of carboxylic acids is 1. The standard InChI is InChI=1S/C16H22FNO2/c1-15(2)13(16(15,3)4)9-18-8-10-5-6-11(14(19)20)12(17)7-10/h5-7,13,18H,8-9H2,1-4H3,(H,19,20). The van der Waals surface area contributed by atoms with Gasteiger partial charge in [-0.1, -0.05) is 33.8 Å². The molecular formula is C16H22FNO2. The molecule has 2 rings (SSSR count). The van der Waals surface area contributed by atoms with E-state index in [2.05, 4.69) is 33.0 Å². The maximum Gasteiger partial charge on any atom is 0.338 e. The number of hydrogen-bond acceptors (Lipinski definition) is 2. The molecule has 4 heteroatoms. The Balaban J connectivity index is 1.90. The van der Waals surface area contributed by atoms with E-state index < -0.39 is 11.8 Å². The quantitative estimate of drug-likeness (QED) is 0.869. The lowest BCUT2D eigenvalue weighted by Crippen LogP contribution is -2.19. The van der Waals surface area contributed by atoms with Crippen LogP contribution in [0.2, 0.25) is 0 Å². The fourth-order valence-electron chi connectivity index (χ4n) is 3.05. The second-order valence-electron chi connectivity index (χ2n) is 6.75. The molecule has 0 aromatic heterocycles. The first-order valence-corrected chi connectivity index (χ1v) is 6.90. The summed E-state index contributed by atoms with van der Waals surface area (Å²) in [5.74, 6) is -1.30. The van der Waals surface area contributed by atoms with E-state index in [1.54, 1.807) is 6.07 Å². The van der Waals surface area contributed by atoms with Gasteiger partial charge in [0.25, 0.3) is 0 Å². The molecule has 0 radical (unpaired) electrons. The molecule has 0 heterocycles. The molecule has 1 aromatic rings. The Morgan fingerprint density at radius 3 is 2.35 bits per heavy atom. The van der Waals surface area contributed by atoms with Gasteiger partial charge in [-0.3, -0.25) is 0 Å².